The van der Waals surface area contributed by atoms with Gasteiger partial charge in [0, 0.05) is 26.2 Å². The molecule has 4 atom stereocenters. The summed E-state index contributed by atoms with van der Waals surface area (Å²) < 4.78 is 11.8. The molecule has 0 aliphatic carbocycles. The molecule has 1 fully saturated rings. The molecular formula is C34H38N2O4. The van der Waals surface area contributed by atoms with Crippen LogP contribution < -0.4 is 0 Å². The van der Waals surface area contributed by atoms with Gasteiger partial charge in [0.15, 0.2) is 12.5 Å². The summed E-state index contributed by atoms with van der Waals surface area (Å²) in [5, 5.41) is 4.39. The van der Waals surface area contributed by atoms with Crippen LogP contribution in [-0.4, -0.2) is 60.4 Å². The van der Waals surface area contributed by atoms with Crippen LogP contribution in [0.5, 0.6) is 0 Å². The highest BCUT2D eigenvalue weighted by Gasteiger charge is 2.30. The van der Waals surface area contributed by atoms with Crippen LogP contribution in [0.25, 0.3) is 21.5 Å². The van der Waals surface area contributed by atoms with Gasteiger partial charge in [0.2, 0.25) is 0 Å². The molecule has 1 aliphatic rings. The summed E-state index contributed by atoms with van der Waals surface area (Å²) in [5.74, 6) is -1.18. The zero-order chi connectivity index (χ0) is 28.2. The minimum Gasteiger partial charge on any atom is -0.446 e. The predicted octanol–water partition coefficient (Wildman–Crippen LogP) is 6.30. The molecule has 0 aromatic heterocycles. The third-order valence-corrected chi connectivity index (χ3v) is 8.24. The first-order valence-corrected chi connectivity index (χ1v) is 14.2. The molecule has 4 unspecified atom stereocenters. The Morgan fingerprint density at radius 2 is 0.900 bits per heavy atom. The van der Waals surface area contributed by atoms with Crippen molar-refractivity contribution in [1.82, 2.24) is 9.80 Å². The summed E-state index contributed by atoms with van der Waals surface area (Å²) in [6, 6.07) is 28.3. The summed E-state index contributed by atoms with van der Waals surface area (Å²) in [5.41, 5.74) is 1.96. The maximum absolute atomic E-state index is 13.1. The molecule has 208 valence electrons. The van der Waals surface area contributed by atoms with Crippen molar-refractivity contribution in [2.24, 2.45) is 0 Å². The lowest BCUT2D eigenvalue weighted by atomic mass is 9.95. The van der Waals surface area contributed by atoms with Crippen molar-refractivity contribution in [2.45, 2.75) is 52.0 Å². The first kappa shape index (κ1) is 27.8. The molecule has 4 aromatic rings. The second-order valence-corrected chi connectivity index (χ2v) is 10.7. The van der Waals surface area contributed by atoms with E-state index in [1.807, 2.05) is 88.4 Å². The van der Waals surface area contributed by atoms with Gasteiger partial charge >= 0.3 is 11.9 Å². The minimum atomic E-state index is -0.363. The third kappa shape index (κ3) is 5.88. The number of benzene rings is 4. The van der Waals surface area contributed by atoms with Crippen LogP contribution in [0.3, 0.4) is 0 Å². The van der Waals surface area contributed by atoms with E-state index in [1.165, 1.54) is 0 Å². The Morgan fingerprint density at radius 1 is 0.550 bits per heavy atom. The highest BCUT2D eigenvalue weighted by atomic mass is 16.6. The highest BCUT2D eigenvalue weighted by Crippen LogP contribution is 2.28. The maximum atomic E-state index is 13.1. The van der Waals surface area contributed by atoms with E-state index in [0.29, 0.717) is 0 Å². The summed E-state index contributed by atoms with van der Waals surface area (Å²) >= 11 is 0. The molecule has 0 spiro atoms. The van der Waals surface area contributed by atoms with Gasteiger partial charge in [0.1, 0.15) is 0 Å². The molecule has 0 bridgehead atoms. The Kier molecular flexibility index (Phi) is 8.48. The van der Waals surface area contributed by atoms with Crippen LogP contribution in [0.15, 0.2) is 84.9 Å². The quantitative estimate of drug-likeness (QED) is 0.246. The number of hydrogen-bond acceptors (Lipinski definition) is 6. The standard InChI is InChI=1S/C34H38N2O4/c1-23(29-17-9-13-27-11-5-7-15-31(27)29)33(37)39-25(3)35-19-21-36(22-20-35)26(4)40-34(38)24(2)30-18-10-14-28-12-6-8-16-32(28)30/h5-18,23-26H,19-22H2,1-4H3. The smallest absolute Gasteiger partial charge is 0.314 e. The van der Waals surface area contributed by atoms with E-state index in [0.717, 1.165) is 58.9 Å². The van der Waals surface area contributed by atoms with Gasteiger partial charge in [-0.25, -0.2) is 0 Å². The first-order chi connectivity index (χ1) is 19.3. The molecule has 40 heavy (non-hydrogen) atoms. The van der Waals surface area contributed by atoms with Crippen molar-refractivity contribution in [1.29, 1.82) is 0 Å². The van der Waals surface area contributed by atoms with Crippen LogP contribution in [0.4, 0.5) is 0 Å². The number of carbonyl (C=O) groups is 2. The Labute approximate surface area is 236 Å². The number of ether oxygens (including phenoxy) is 2. The van der Waals surface area contributed by atoms with E-state index in [1.54, 1.807) is 0 Å². The molecule has 0 amide bonds. The van der Waals surface area contributed by atoms with Crippen LogP contribution in [0, 0.1) is 0 Å². The molecule has 0 radical (unpaired) electrons. The van der Waals surface area contributed by atoms with Crippen molar-refractivity contribution in [3.63, 3.8) is 0 Å². The minimum absolute atomic E-state index is 0.226. The van der Waals surface area contributed by atoms with Gasteiger partial charge in [-0.15, -0.1) is 0 Å². The van der Waals surface area contributed by atoms with Crippen LogP contribution >= 0.6 is 0 Å². The fourth-order valence-corrected chi connectivity index (χ4v) is 5.66. The maximum Gasteiger partial charge on any atom is 0.314 e. The Balaban J connectivity index is 1.13. The molecule has 1 heterocycles. The van der Waals surface area contributed by atoms with E-state index in [2.05, 4.69) is 34.1 Å². The van der Waals surface area contributed by atoms with Crippen LogP contribution in [0.1, 0.15) is 50.7 Å². The van der Waals surface area contributed by atoms with Gasteiger partial charge in [0.05, 0.1) is 11.8 Å². The SMILES string of the molecule is CC(C(=O)OC(C)N1CCN(C(C)OC(=O)C(C)c2cccc3ccccc23)CC1)c1cccc2ccccc12. The average molecular weight is 539 g/mol. The topological polar surface area (TPSA) is 59.1 Å². The van der Waals surface area contributed by atoms with Gasteiger partial charge in [-0.3, -0.25) is 19.4 Å². The molecule has 1 aliphatic heterocycles. The number of fused-ring (bicyclic) bond motifs is 2. The van der Waals surface area contributed by atoms with Gasteiger partial charge in [-0.2, -0.15) is 0 Å². The van der Waals surface area contributed by atoms with Gasteiger partial charge in [-0.1, -0.05) is 84.9 Å². The van der Waals surface area contributed by atoms with E-state index in [9.17, 15) is 9.59 Å². The lowest BCUT2D eigenvalue weighted by molar-refractivity contribution is -0.168. The van der Waals surface area contributed by atoms with Crippen molar-refractivity contribution >= 4 is 33.5 Å². The third-order valence-electron chi connectivity index (χ3n) is 8.24. The fraction of sp³-hybridized carbons (Fsp3) is 0.353. The molecule has 6 heteroatoms. The Bertz CT molecular complexity index is 1370. The lowest BCUT2D eigenvalue weighted by Crippen LogP contribution is -2.53. The fourth-order valence-electron chi connectivity index (χ4n) is 5.66. The van der Waals surface area contributed by atoms with Crippen molar-refractivity contribution in [2.75, 3.05) is 26.2 Å². The van der Waals surface area contributed by atoms with Crippen molar-refractivity contribution in [3.8, 4) is 0 Å². The number of hydrogen-bond donors (Lipinski definition) is 0. The van der Waals surface area contributed by atoms with Crippen LogP contribution in [-0.2, 0) is 19.1 Å². The molecule has 0 saturated carbocycles. The highest BCUT2D eigenvalue weighted by molar-refractivity contribution is 5.92. The van der Waals surface area contributed by atoms with E-state index >= 15 is 0 Å². The molecule has 5 rings (SSSR count). The number of nitrogens with zero attached hydrogens (tertiary/aromatic N) is 2. The first-order valence-electron chi connectivity index (χ1n) is 14.2. The Hall–Kier alpha value is -3.74. The second kappa shape index (κ2) is 12.2. The molecule has 0 N–H and O–H groups in total. The van der Waals surface area contributed by atoms with Crippen molar-refractivity contribution < 1.29 is 19.1 Å². The number of piperazine rings is 1. The van der Waals surface area contributed by atoms with Crippen LogP contribution in [0.2, 0.25) is 0 Å². The zero-order valence-electron chi connectivity index (χ0n) is 23.7. The summed E-state index contributed by atoms with van der Waals surface area (Å²) in [7, 11) is 0. The summed E-state index contributed by atoms with van der Waals surface area (Å²) in [4.78, 5) is 30.5. The second-order valence-electron chi connectivity index (χ2n) is 10.7. The van der Waals surface area contributed by atoms with E-state index in [-0.39, 0.29) is 36.2 Å². The van der Waals surface area contributed by atoms with E-state index in [4.69, 9.17) is 9.47 Å². The summed E-state index contributed by atoms with van der Waals surface area (Å²) in [6.45, 7) is 10.6. The number of esters is 2. The zero-order valence-corrected chi connectivity index (χ0v) is 23.7. The molecule has 1 saturated heterocycles. The van der Waals surface area contributed by atoms with Gasteiger partial charge in [0.25, 0.3) is 0 Å². The monoisotopic (exact) mass is 538 g/mol. The molecular weight excluding hydrogens is 500 g/mol. The van der Waals surface area contributed by atoms with E-state index < -0.39 is 0 Å². The summed E-state index contributed by atoms with van der Waals surface area (Å²) in [6.07, 6.45) is -0.673. The Morgan fingerprint density at radius 3 is 1.30 bits per heavy atom. The average Bonchev–Trinajstić information content (AvgIpc) is 2.99. The normalized spacial score (nSPS) is 17.7. The molecule has 6 nitrogen and oxygen atoms in total. The number of rotatable bonds is 8. The van der Waals surface area contributed by atoms with Gasteiger partial charge in [-0.05, 0) is 60.4 Å². The number of carbonyl (C=O) groups excluding carboxylic acids is 2. The largest absolute Gasteiger partial charge is 0.446 e. The predicted molar refractivity (Wildman–Crippen MR) is 159 cm³/mol. The van der Waals surface area contributed by atoms with Crippen molar-refractivity contribution in [3.05, 3.63) is 96.1 Å². The lowest BCUT2D eigenvalue weighted by Gasteiger charge is -2.39. The van der Waals surface area contributed by atoms with Gasteiger partial charge < -0.3 is 9.47 Å². The molecule has 4 aromatic carbocycles.